The molecule has 5 heteroatoms. The Morgan fingerprint density at radius 2 is 1.86 bits per heavy atom. The molecule has 0 radical (unpaired) electrons. The number of aliphatic hydroxyl groups is 3. The van der Waals surface area contributed by atoms with Crippen LogP contribution >= 0.6 is 0 Å². The lowest BCUT2D eigenvalue weighted by molar-refractivity contribution is -0.229. The quantitative estimate of drug-likeness (QED) is 0.589. The maximum Gasteiger partial charge on any atom is 0.154 e. The zero-order chi connectivity index (χ0) is 15.0. The number of aliphatic hydroxyl groups excluding tert-OH is 2. The second-order valence-corrected chi connectivity index (χ2v) is 7.85. The number of carbonyl (C=O) groups is 1. The van der Waals surface area contributed by atoms with Gasteiger partial charge in [-0.2, -0.15) is 0 Å². The van der Waals surface area contributed by atoms with Crippen molar-refractivity contribution in [2.45, 2.75) is 68.8 Å². The van der Waals surface area contributed by atoms with Gasteiger partial charge in [0.2, 0.25) is 0 Å². The fraction of sp³-hybridized carbons (Fsp3) is 0.938. The average molecular weight is 295 g/mol. The van der Waals surface area contributed by atoms with E-state index in [1.165, 1.54) is 0 Å². The summed E-state index contributed by atoms with van der Waals surface area (Å²) in [5, 5.41) is 32.0. The third-order valence-electron chi connectivity index (χ3n) is 7.04. The van der Waals surface area contributed by atoms with E-state index in [-0.39, 0.29) is 18.1 Å². The van der Waals surface area contributed by atoms with Crippen molar-refractivity contribution in [1.29, 1.82) is 0 Å². The molecular weight excluding hydrogens is 270 g/mol. The summed E-state index contributed by atoms with van der Waals surface area (Å²) >= 11 is 0. The van der Waals surface area contributed by atoms with Crippen molar-refractivity contribution in [2.24, 2.45) is 11.3 Å². The lowest BCUT2D eigenvalue weighted by Gasteiger charge is -2.60. The minimum atomic E-state index is -1.30. The van der Waals surface area contributed by atoms with E-state index in [4.69, 9.17) is 0 Å². The summed E-state index contributed by atoms with van der Waals surface area (Å²) in [4.78, 5) is 15.2. The molecule has 4 fully saturated rings. The van der Waals surface area contributed by atoms with Crippen LogP contribution in [0.3, 0.4) is 0 Å². The highest BCUT2D eigenvalue weighted by Gasteiger charge is 2.75. The molecule has 118 valence electrons. The third kappa shape index (κ3) is 1.39. The third-order valence-corrected chi connectivity index (χ3v) is 7.04. The molecule has 3 N–H and O–H groups in total. The Labute approximate surface area is 124 Å². The van der Waals surface area contributed by atoms with Crippen LogP contribution in [-0.4, -0.2) is 62.4 Å². The Kier molecular flexibility index (Phi) is 2.74. The number of piperidine rings is 1. The molecule has 0 bridgehead atoms. The van der Waals surface area contributed by atoms with E-state index in [1.54, 1.807) is 6.92 Å². The highest BCUT2D eigenvalue weighted by molar-refractivity contribution is 5.93. The van der Waals surface area contributed by atoms with E-state index >= 15 is 0 Å². The number of ketones is 1. The van der Waals surface area contributed by atoms with Crippen molar-refractivity contribution in [3.63, 3.8) is 0 Å². The molecule has 0 unspecified atom stereocenters. The number of Topliss-reactive ketones (excluding diaryl/α,β-unsaturated/α-hetero) is 1. The average Bonchev–Trinajstić information content (AvgIpc) is 2.96. The van der Waals surface area contributed by atoms with E-state index in [1.807, 2.05) is 0 Å². The first kappa shape index (κ1) is 14.1. The Morgan fingerprint density at radius 3 is 2.57 bits per heavy atom. The zero-order valence-electron chi connectivity index (χ0n) is 12.6. The van der Waals surface area contributed by atoms with Gasteiger partial charge in [0.05, 0.1) is 23.3 Å². The van der Waals surface area contributed by atoms with Gasteiger partial charge in [0.25, 0.3) is 0 Å². The highest BCUT2D eigenvalue weighted by atomic mass is 16.3. The maximum atomic E-state index is 12.9. The summed E-state index contributed by atoms with van der Waals surface area (Å²) in [6.45, 7) is 3.41. The van der Waals surface area contributed by atoms with Gasteiger partial charge >= 0.3 is 0 Å². The Morgan fingerprint density at radius 1 is 1.19 bits per heavy atom. The molecule has 4 rings (SSSR count). The van der Waals surface area contributed by atoms with Gasteiger partial charge in [0, 0.05) is 24.2 Å². The Hall–Kier alpha value is -0.490. The molecule has 2 saturated heterocycles. The molecule has 2 saturated carbocycles. The van der Waals surface area contributed by atoms with Gasteiger partial charge in [-0.25, -0.2) is 0 Å². The summed E-state index contributed by atoms with van der Waals surface area (Å²) in [5.41, 5.74) is -2.44. The van der Waals surface area contributed by atoms with Crippen molar-refractivity contribution < 1.29 is 20.1 Å². The predicted molar refractivity (Wildman–Crippen MR) is 75.6 cm³/mol. The fourth-order valence-electron chi connectivity index (χ4n) is 6.30. The second kappa shape index (κ2) is 4.07. The number of hydrogen-bond donors (Lipinski definition) is 3. The lowest BCUT2D eigenvalue weighted by Crippen LogP contribution is -2.71. The molecule has 0 aromatic carbocycles. The molecule has 2 spiro atoms. The molecule has 2 aliphatic heterocycles. The van der Waals surface area contributed by atoms with Crippen molar-refractivity contribution in [1.82, 2.24) is 4.90 Å². The second-order valence-electron chi connectivity index (χ2n) is 7.85. The number of carbonyl (C=O) groups excluding carboxylic acids is 1. The molecule has 0 aromatic rings. The Bertz CT molecular complexity index is 493. The summed E-state index contributed by atoms with van der Waals surface area (Å²) in [6, 6.07) is 0. The van der Waals surface area contributed by atoms with Gasteiger partial charge < -0.3 is 15.3 Å². The largest absolute Gasteiger partial charge is 0.392 e. The monoisotopic (exact) mass is 295 g/mol. The van der Waals surface area contributed by atoms with Gasteiger partial charge in [0.1, 0.15) is 0 Å². The van der Waals surface area contributed by atoms with Gasteiger partial charge in [0.15, 0.2) is 5.78 Å². The van der Waals surface area contributed by atoms with Crippen LogP contribution in [0.1, 0.15) is 45.4 Å². The van der Waals surface area contributed by atoms with Gasteiger partial charge in [-0.05, 0) is 45.7 Å². The van der Waals surface area contributed by atoms with Crippen molar-refractivity contribution in [3.8, 4) is 0 Å². The summed E-state index contributed by atoms with van der Waals surface area (Å²) in [5.74, 6) is -0.134. The van der Waals surface area contributed by atoms with Crippen LogP contribution in [0, 0.1) is 11.3 Å². The standard InChI is InChI=1S/C16H25NO4/c1-14(21)9-12(19)15-4-2-6-17-7-3-5-16(15,17)11(18)8-10(15)13(14)20/h10,12-13,19-21H,2-9H2,1H3/t10-,12+,13+,14-,15-,16+/m1/s1. The van der Waals surface area contributed by atoms with Crippen LogP contribution in [-0.2, 0) is 4.79 Å². The molecule has 6 atom stereocenters. The smallest absolute Gasteiger partial charge is 0.154 e. The van der Waals surface area contributed by atoms with Gasteiger partial charge in [-0.1, -0.05) is 0 Å². The van der Waals surface area contributed by atoms with Crippen LogP contribution in [0.15, 0.2) is 0 Å². The molecule has 0 amide bonds. The lowest BCUT2D eigenvalue weighted by atomic mass is 9.52. The maximum absolute atomic E-state index is 12.9. The molecule has 2 heterocycles. The number of hydrogen-bond acceptors (Lipinski definition) is 5. The summed E-state index contributed by atoms with van der Waals surface area (Å²) < 4.78 is 0. The van der Waals surface area contributed by atoms with Gasteiger partial charge in [-0.15, -0.1) is 0 Å². The first-order chi connectivity index (χ1) is 9.86. The number of nitrogens with zero attached hydrogens (tertiary/aromatic N) is 1. The SMILES string of the molecule is C[C@@]1(O)C[C@H](O)[C@]23CCCN4CCC[C@@]42C(=O)C[C@@H]3[C@@H]1O. The first-order valence-corrected chi connectivity index (χ1v) is 8.23. The van der Waals surface area contributed by atoms with E-state index < -0.39 is 28.8 Å². The molecule has 21 heavy (non-hydrogen) atoms. The number of rotatable bonds is 0. The van der Waals surface area contributed by atoms with Crippen LogP contribution < -0.4 is 0 Å². The van der Waals surface area contributed by atoms with Gasteiger partial charge in [-0.3, -0.25) is 9.69 Å². The van der Waals surface area contributed by atoms with Crippen LogP contribution in [0.2, 0.25) is 0 Å². The molecule has 4 aliphatic rings. The zero-order valence-corrected chi connectivity index (χ0v) is 12.6. The fourth-order valence-corrected chi connectivity index (χ4v) is 6.30. The molecule has 2 aliphatic carbocycles. The first-order valence-electron chi connectivity index (χ1n) is 8.23. The highest BCUT2D eigenvalue weighted by Crippen LogP contribution is 2.66. The summed E-state index contributed by atoms with van der Waals surface area (Å²) in [7, 11) is 0. The predicted octanol–water partition coefficient (Wildman–Crippen LogP) is 0.0667. The molecule has 5 nitrogen and oxygen atoms in total. The van der Waals surface area contributed by atoms with E-state index in [0.29, 0.717) is 6.42 Å². The minimum Gasteiger partial charge on any atom is -0.392 e. The van der Waals surface area contributed by atoms with Crippen LogP contribution in [0.4, 0.5) is 0 Å². The van der Waals surface area contributed by atoms with E-state index in [2.05, 4.69) is 4.90 Å². The topological polar surface area (TPSA) is 81.0 Å². The van der Waals surface area contributed by atoms with Crippen molar-refractivity contribution in [2.75, 3.05) is 13.1 Å². The molecular formula is C16H25NO4. The van der Waals surface area contributed by atoms with Crippen LogP contribution in [0.5, 0.6) is 0 Å². The Balaban J connectivity index is 1.89. The van der Waals surface area contributed by atoms with E-state index in [9.17, 15) is 20.1 Å². The summed E-state index contributed by atoms with van der Waals surface area (Å²) in [6.07, 6.45) is 2.34. The van der Waals surface area contributed by atoms with Crippen molar-refractivity contribution in [3.05, 3.63) is 0 Å². The van der Waals surface area contributed by atoms with E-state index in [0.717, 1.165) is 38.8 Å². The molecule has 0 aromatic heterocycles. The normalized spacial score (nSPS) is 57.0. The van der Waals surface area contributed by atoms with Crippen LogP contribution in [0.25, 0.3) is 0 Å². The van der Waals surface area contributed by atoms with Crippen molar-refractivity contribution >= 4 is 5.78 Å². The minimum absolute atomic E-state index is 0.160.